The minimum Gasteiger partial charge on any atom is -0.384 e. The molecule has 5 rings (SSSR count). The third-order valence-corrected chi connectivity index (χ3v) is 5.19. The van der Waals surface area contributed by atoms with Gasteiger partial charge in [0.1, 0.15) is 0 Å². The molecule has 0 unspecified atom stereocenters. The first-order chi connectivity index (χ1) is 14.4. The summed E-state index contributed by atoms with van der Waals surface area (Å²) in [4.78, 5) is 0. The zero-order chi connectivity index (χ0) is 19.7. The Morgan fingerprint density at radius 1 is 0.552 bits per heavy atom. The Kier molecular flexibility index (Phi) is 7.18. The summed E-state index contributed by atoms with van der Waals surface area (Å²) in [5.41, 5.74) is 2.35. The molecule has 2 aliphatic rings. The van der Waals surface area contributed by atoms with Gasteiger partial charge in [-0.3, -0.25) is 0 Å². The van der Waals surface area contributed by atoms with Crippen LogP contribution in [0.4, 0.5) is 11.4 Å². The molecule has 0 amide bonds. The first kappa shape index (κ1) is 20.0. The second kappa shape index (κ2) is 10.4. The summed E-state index contributed by atoms with van der Waals surface area (Å²) >= 11 is 0. The van der Waals surface area contributed by atoms with E-state index >= 15 is 0 Å². The first-order valence-corrected chi connectivity index (χ1v) is 10.6. The largest absolute Gasteiger partial charge is 0.384 e. The highest BCUT2D eigenvalue weighted by molar-refractivity contribution is 6.07. The number of benzene rings is 3. The summed E-state index contributed by atoms with van der Waals surface area (Å²) in [6.07, 6.45) is 1.92. The smallest absolute Gasteiger partial charge is 0.0701 e. The Balaban J connectivity index is 1.57. The van der Waals surface area contributed by atoms with Crippen LogP contribution in [0.1, 0.15) is 12.8 Å². The molecule has 0 fully saturated rings. The normalized spacial score (nSPS) is 17.8. The van der Waals surface area contributed by atoms with Crippen LogP contribution in [-0.4, -0.2) is 52.7 Å². The van der Waals surface area contributed by atoms with E-state index in [1.165, 1.54) is 32.9 Å². The van der Waals surface area contributed by atoms with Gasteiger partial charge in [0.15, 0.2) is 0 Å². The van der Waals surface area contributed by atoms with Crippen molar-refractivity contribution in [2.75, 3.05) is 63.4 Å². The molecule has 0 atom stereocenters. The molecule has 2 N–H and O–H groups in total. The van der Waals surface area contributed by atoms with E-state index in [1.807, 2.05) is 0 Å². The molecule has 0 spiro atoms. The van der Waals surface area contributed by atoms with E-state index in [4.69, 9.17) is 14.2 Å². The van der Waals surface area contributed by atoms with Crippen molar-refractivity contribution in [1.82, 2.24) is 0 Å². The van der Waals surface area contributed by atoms with Crippen LogP contribution in [0.15, 0.2) is 48.5 Å². The van der Waals surface area contributed by atoms with E-state index in [1.54, 1.807) is 0 Å². The Morgan fingerprint density at radius 2 is 1.00 bits per heavy atom. The monoisotopic (exact) mass is 394 g/mol. The lowest BCUT2D eigenvalue weighted by Gasteiger charge is -2.14. The molecule has 0 saturated heterocycles. The Morgan fingerprint density at radius 3 is 1.48 bits per heavy atom. The van der Waals surface area contributed by atoms with Crippen LogP contribution in [0.5, 0.6) is 0 Å². The number of hydrogen-bond acceptors (Lipinski definition) is 5. The molecule has 3 aromatic carbocycles. The number of anilines is 2. The zero-order valence-electron chi connectivity index (χ0n) is 16.9. The van der Waals surface area contributed by atoms with E-state index in [-0.39, 0.29) is 0 Å². The molecule has 0 saturated carbocycles. The van der Waals surface area contributed by atoms with E-state index in [9.17, 15) is 0 Å². The van der Waals surface area contributed by atoms with Gasteiger partial charge >= 0.3 is 0 Å². The molecule has 3 aromatic rings. The zero-order valence-corrected chi connectivity index (χ0v) is 16.9. The highest BCUT2D eigenvalue weighted by Gasteiger charge is 2.06. The summed E-state index contributed by atoms with van der Waals surface area (Å²) in [5.74, 6) is 0. The van der Waals surface area contributed by atoms with Crippen LogP contribution in [0, 0.1) is 0 Å². The molecule has 29 heavy (non-hydrogen) atoms. The van der Waals surface area contributed by atoms with Gasteiger partial charge in [0.2, 0.25) is 0 Å². The topological polar surface area (TPSA) is 51.8 Å². The Bertz CT molecular complexity index is 853. The Labute approximate surface area is 172 Å². The fourth-order valence-electron chi connectivity index (χ4n) is 3.70. The summed E-state index contributed by atoms with van der Waals surface area (Å²) in [6, 6.07) is 17.5. The van der Waals surface area contributed by atoms with Gasteiger partial charge in [-0.25, -0.2) is 0 Å². The molecule has 0 radical (unpaired) electrons. The van der Waals surface area contributed by atoms with Crippen LogP contribution < -0.4 is 10.6 Å². The molecule has 0 aromatic heterocycles. The fourth-order valence-corrected chi connectivity index (χ4v) is 3.70. The van der Waals surface area contributed by atoms with Crippen molar-refractivity contribution < 1.29 is 14.2 Å². The summed E-state index contributed by atoms with van der Waals surface area (Å²) in [7, 11) is 0. The van der Waals surface area contributed by atoms with E-state index in [2.05, 4.69) is 59.2 Å². The molecule has 0 aliphatic carbocycles. The van der Waals surface area contributed by atoms with Crippen molar-refractivity contribution in [3.05, 3.63) is 48.5 Å². The second-order valence-electron chi connectivity index (χ2n) is 7.30. The average Bonchev–Trinajstić information content (AvgIpc) is 2.74. The van der Waals surface area contributed by atoms with Crippen LogP contribution in [0.2, 0.25) is 0 Å². The third kappa shape index (κ3) is 5.38. The minimum absolute atomic E-state index is 0.619. The lowest BCUT2D eigenvalue weighted by Crippen LogP contribution is -2.12. The van der Waals surface area contributed by atoms with Gasteiger partial charge in [-0.05, 0) is 47.9 Å². The van der Waals surface area contributed by atoms with Crippen molar-refractivity contribution >= 4 is 32.9 Å². The van der Waals surface area contributed by atoms with Crippen molar-refractivity contribution in [1.29, 1.82) is 0 Å². The Hall–Kier alpha value is -2.34. The number of fused-ring (bicyclic) bond motifs is 14. The predicted molar refractivity (Wildman–Crippen MR) is 120 cm³/mol. The SMILES string of the molecule is c1cc2c3cc4cccc(c4cc3c1)NCCCOCCOCCOCCCN2. The highest BCUT2D eigenvalue weighted by atomic mass is 16.5. The quantitative estimate of drug-likeness (QED) is 0.429. The number of hydrogen-bond donors (Lipinski definition) is 2. The number of rotatable bonds is 0. The maximum absolute atomic E-state index is 5.65. The fraction of sp³-hybridized carbons (Fsp3) is 0.417. The molecular weight excluding hydrogens is 364 g/mol. The van der Waals surface area contributed by atoms with Crippen LogP contribution in [0.3, 0.4) is 0 Å². The second-order valence-corrected chi connectivity index (χ2v) is 7.30. The van der Waals surface area contributed by atoms with Crippen molar-refractivity contribution in [2.24, 2.45) is 0 Å². The maximum atomic E-state index is 5.65. The molecule has 2 aliphatic heterocycles. The van der Waals surface area contributed by atoms with Crippen molar-refractivity contribution in [3.63, 3.8) is 0 Å². The first-order valence-electron chi connectivity index (χ1n) is 10.6. The van der Waals surface area contributed by atoms with E-state index in [0.717, 1.165) is 39.1 Å². The molecular formula is C24H30N2O3. The van der Waals surface area contributed by atoms with Gasteiger partial charge < -0.3 is 24.8 Å². The highest BCUT2D eigenvalue weighted by Crippen LogP contribution is 2.32. The predicted octanol–water partition coefficient (Wildman–Crippen LogP) is 4.66. The molecule has 5 nitrogen and oxygen atoms in total. The van der Waals surface area contributed by atoms with Gasteiger partial charge in [-0.1, -0.05) is 24.3 Å². The molecule has 6 bridgehead atoms. The van der Waals surface area contributed by atoms with E-state index < -0.39 is 0 Å². The van der Waals surface area contributed by atoms with Crippen LogP contribution >= 0.6 is 0 Å². The summed E-state index contributed by atoms with van der Waals surface area (Å²) in [6.45, 7) is 5.73. The van der Waals surface area contributed by atoms with E-state index in [0.29, 0.717) is 26.4 Å². The van der Waals surface area contributed by atoms with Gasteiger partial charge in [0, 0.05) is 48.5 Å². The molecule has 154 valence electrons. The number of ether oxygens (including phenoxy) is 3. The van der Waals surface area contributed by atoms with Gasteiger partial charge in [0.25, 0.3) is 0 Å². The summed E-state index contributed by atoms with van der Waals surface area (Å²) in [5, 5.41) is 12.2. The van der Waals surface area contributed by atoms with Crippen LogP contribution in [0.25, 0.3) is 21.5 Å². The van der Waals surface area contributed by atoms with Gasteiger partial charge in [-0.2, -0.15) is 0 Å². The minimum atomic E-state index is 0.619. The molecule has 2 heterocycles. The standard InChI is InChI=1S/C24H30N2O3/c1-5-19-17-22-20-6-2-8-24(22)26-10-4-12-28-14-16-29-15-13-27-11-3-9-25-23(7-1)21(19)18-20/h1-2,5-8,17-18,25-26H,3-4,9-16H2. The van der Waals surface area contributed by atoms with Gasteiger partial charge in [-0.15, -0.1) is 0 Å². The maximum Gasteiger partial charge on any atom is 0.0701 e. The lowest BCUT2D eigenvalue weighted by atomic mass is 10.0. The summed E-state index contributed by atoms with van der Waals surface area (Å²) < 4.78 is 16.9. The van der Waals surface area contributed by atoms with Gasteiger partial charge in [0.05, 0.1) is 26.4 Å². The van der Waals surface area contributed by atoms with Crippen molar-refractivity contribution in [2.45, 2.75) is 12.8 Å². The average molecular weight is 395 g/mol. The van der Waals surface area contributed by atoms with Crippen molar-refractivity contribution in [3.8, 4) is 0 Å². The lowest BCUT2D eigenvalue weighted by molar-refractivity contribution is 0.0145. The molecule has 5 heteroatoms. The van der Waals surface area contributed by atoms with Crippen LogP contribution in [-0.2, 0) is 14.2 Å². The number of nitrogens with one attached hydrogen (secondary N) is 2. The third-order valence-electron chi connectivity index (χ3n) is 5.19.